The lowest BCUT2D eigenvalue weighted by Gasteiger charge is -2.48. The van der Waals surface area contributed by atoms with E-state index in [0.29, 0.717) is 6.42 Å². The Labute approximate surface area is 200 Å². The number of pyridine rings is 1. The Bertz CT molecular complexity index is 934. The number of carbonyl (C=O) groups is 1. The number of nitriles is 1. The fourth-order valence-corrected chi connectivity index (χ4v) is 4.54. The molecule has 1 fully saturated rings. The number of allylic oxidation sites excluding steroid dienone is 6. The number of hydrogen-bond acceptors (Lipinski definition) is 5. The van der Waals surface area contributed by atoms with Crippen molar-refractivity contribution in [2.24, 2.45) is 23.1 Å². The number of carbonyl (C=O) groups excluding carboxylic acids is 1. The van der Waals surface area contributed by atoms with Crippen molar-refractivity contribution >= 4 is 11.4 Å². The lowest BCUT2D eigenvalue weighted by molar-refractivity contribution is -0.114. The van der Waals surface area contributed by atoms with E-state index < -0.39 is 0 Å². The average molecular weight is 449 g/mol. The van der Waals surface area contributed by atoms with Gasteiger partial charge in [0.05, 0.1) is 5.57 Å². The molecule has 33 heavy (non-hydrogen) atoms. The minimum Gasteiger partial charge on any atom is -0.293 e. The molecule has 3 atom stereocenters. The Morgan fingerprint density at radius 3 is 2.55 bits per heavy atom. The lowest BCUT2D eigenvalue weighted by Crippen LogP contribution is -2.38. The second-order valence-electron chi connectivity index (χ2n) is 9.20. The predicted octanol–water partition coefficient (Wildman–Crippen LogP) is 5.89. The van der Waals surface area contributed by atoms with Crippen LogP contribution >= 0.6 is 0 Å². The van der Waals surface area contributed by atoms with Crippen molar-refractivity contribution in [1.82, 2.24) is 9.99 Å². The first kappa shape index (κ1) is 28.2. The van der Waals surface area contributed by atoms with E-state index in [0.717, 1.165) is 18.3 Å². The highest BCUT2D eigenvalue weighted by molar-refractivity contribution is 5.98. The summed E-state index contributed by atoms with van der Waals surface area (Å²) in [7, 11) is 3.56. The second kappa shape index (κ2) is 13.0. The van der Waals surface area contributed by atoms with Gasteiger partial charge in [-0.1, -0.05) is 52.1 Å². The van der Waals surface area contributed by atoms with Gasteiger partial charge >= 0.3 is 0 Å². The summed E-state index contributed by atoms with van der Waals surface area (Å²) in [5, 5.41) is 9.57. The highest BCUT2D eigenvalue weighted by atomic mass is 16.1. The van der Waals surface area contributed by atoms with Crippen molar-refractivity contribution < 1.29 is 4.79 Å². The molecule has 0 bridgehead atoms. The Morgan fingerprint density at radius 1 is 1.42 bits per heavy atom. The number of nitrogens with zero attached hydrogens (tertiary/aromatic N) is 3. The maximum atomic E-state index is 10.4. The molecule has 1 aromatic rings. The number of fused-ring (bicyclic) bond motifs is 1. The summed E-state index contributed by atoms with van der Waals surface area (Å²) < 4.78 is 0. The van der Waals surface area contributed by atoms with Crippen LogP contribution in [-0.2, 0) is 4.79 Å². The SMILES string of the molecule is C=C(C#N)C(=O)CC.C=C1/C(=C(\C)c2cccnc2)CCC2[C@H](C)CC=CC12C.CN(C)N. The molecule has 5 heteroatoms. The molecule has 3 rings (SSSR count). The van der Waals surface area contributed by atoms with E-state index in [1.165, 1.54) is 40.1 Å². The molecule has 0 saturated heterocycles. The molecular formula is C28H40N4O. The smallest absolute Gasteiger partial charge is 0.172 e. The molecular weight excluding hydrogens is 408 g/mol. The molecule has 0 aliphatic heterocycles. The van der Waals surface area contributed by atoms with E-state index in [-0.39, 0.29) is 16.8 Å². The number of hydrogen-bond donors (Lipinski definition) is 1. The maximum absolute atomic E-state index is 10.4. The van der Waals surface area contributed by atoms with Gasteiger partial charge in [-0.05, 0) is 66.4 Å². The molecule has 1 heterocycles. The van der Waals surface area contributed by atoms with E-state index in [2.05, 4.69) is 57.1 Å². The number of rotatable bonds is 3. The van der Waals surface area contributed by atoms with Gasteiger partial charge in [0.1, 0.15) is 6.07 Å². The van der Waals surface area contributed by atoms with E-state index in [1.54, 1.807) is 27.1 Å². The minimum atomic E-state index is -0.174. The van der Waals surface area contributed by atoms with Crippen LogP contribution < -0.4 is 5.84 Å². The van der Waals surface area contributed by atoms with E-state index in [1.807, 2.05) is 18.5 Å². The number of hydrazine groups is 1. The Hall–Kier alpha value is -2.81. The Morgan fingerprint density at radius 2 is 2.06 bits per heavy atom. The molecule has 2 aliphatic carbocycles. The summed E-state index contributed by atoms with van der Waals surface area (Å²) in [6, 6.07) is 5.83. The van der Waals surface area contributed by atoms with Crippen LogP contribution in [-0.4, -0.2) is 29.9 Å². The van der Waals surface area contributed by atoms with Crippen LogP contribution in [0.15, 0.2) is 66.6 Å². The molecule has 1 aromatic heterocycles. The molecule has 0 radical (unpaired) electrons. The summed E-state index contributed by atoms with van der Waals surface area (Å²) in [4.78, 5) is 14.7. The normalized spacial score (nSPS) is 24.9. The molecule has 178 valence electrons. The molecule has 2 unspecified atom stereocenters. The fourth-order valence-electron chi connectivity index (χ4n) is 4.54. The zero-order chi connectivity index (χ0) is 25.2. The Kier molecular flexibility index (Phi) is 11.1. The first-order chi connectivity index (χ1) is 15.5. The highest BCUT2D eigenvalue weighted by Crippen LogP contribution is 2.54. The second-order valence-corrected chi connectivity index (χ2v) is 9.20. The van der Waals surface area contributed by atoms with Crippen molar-refractivity contribution in [2.45, 2.75) is 53.4 Å². The first-order valence-corrected chi connectivity index (χ1v) is 11.5. The van der Waals surface area contributed by atoms with Gasteiger partial charge in [-0.2, -0.15) is 5.26 Å². The molecule has 0 spiro atoms. The van der Waals surface area contributed by atoms with Crippen molar-refractivity contribution in [2.75, 3.05) is 14.1 Å². The van der Waals surface area contributed by atoms with Crippen LogP contribution in [0.4, 0.5) is 0 Å². The first-order valence-electron chi connectivity index (χ1n) is 11.5. The Balaban J connectivity index is 0.000000380. The molecule has 2 aliphatic rings. The van der Waals surface area contributed by atoms with Gasteiger partial charge in [0.25, 0.3) is 0 Å². The quantitative estimate of drug-likeness (QED) is 0.205. The molecule has 5 nitrogen and oxygen atoms in total. The highest BCUT2D eigenvalue weighted by Gasteiger charge is 2.43. The van der Waals surface area contributed by atoms with Crippen LogP contribution in [0.2, 0.25) is 0 Å². The third kappa shape index (κ3) is 7.63. The summed E-state index contributed by atoms with van der Waals surface area (Å²) in [6.07, 6.45) is 12.6. The zero-order valence-corrected chi connectivity index (χ0v) is 21.2. The van der Waals surface area contributed by atoms with Crippen molar-refractivity contribution in [3.63, 3.8) is 0 Å². The van der Waals surface area contributed by atoms with Crippen LogP contribution in [0, 0.1) is 28.6 Å². The van der Waals surface area contributed by atoms with Gasteiger partial charge in [-0.3, -0.25) is 20.6 Å². The summed E-state index contributed by atoms with van der Waals surface area (Å²) in [6.45, 7) is 16.4. The predicted molar refractivity (Wildman–Crippen MR) is 138 cm³/mol. The third-order valence-corrected chi connectivity index (χ3v) is 6.49. The average Bonchev–Trinajstić information content (AvgIpc) is 2.79. The zero-order valence-electron chi connectivity index (χ0n) is 21.2. The number of aromatic nitrogens is 1. The molecule has 0 amide bonds. The van der Waals surface area contributed by atoms with Crippen LogP contribution in [0.25, 0.3) is 5.57 Å². The van der Waals surface area contributed by atoms with Crippen LogP contribution in [0.1, 0.15) is 58.9 Å². The third-order valence-electron chi connectivity index (χ3n) is 6.49. The van der Waals surface area contributed by atoms with Gasteiger partial charge < -0.3 is 0 Å². The van der Waals surface area contributed by atoms with Crippen LogP contribution in [0.3, 0.4) is 0 Å². The topological polar surface area (TPSA) is 83.0 Å². The molecule has 2 N–H and O–H groups in total. The number of ketones is 1. The van der Waals surface area contributed by atoms with Crippen molar-refractivity contribution in [1.29, 1.82) is 5.26 Å². The summed E-state index contributed by atoms with van der Waals surface area (Å²) >= 11 is 0. The monoisotopic (exact) mass is 448 g/mol. The van der Waals surface area contributed by atoms with Gasteiger partial charge in [0, 0.05) is 38.3 Å². The standard InChI is InChI=1S/C20H25N.C6H7NO.C2H8N2/c1-14-7-5-11-20(4)16(3)18(9-10-19(14)20)15(2)17-8-6-12-21-13-17;1-3-6(8)5(2)4-7;1-4(2)3/h5-6,8,11-14,19H,3,7,9-10H2,1-2,4H3;2-3H2,1H3;3H2,1-2H3/b18-15+;;/t14-,19?,20?;;/m1../s1. The van der Waals surface area contributed by atoms with E-state index in [9.17, 15) is 4.79 Å². The fraction of sp³-hybridized carbons (Fsp3) is 0.464. The minimum absolute atomic E-state index is 0.0486. The van der Waals surface area contributed by atoms with E-state index >= 15 is 0 Å². The summed E-state index contributed by atoms with van der Waals surface area (Å²) in [5.74, 6) is 6.27. The molecule has 1 saturated carbocycles. The van der Waals surface area contributed by atoms with E-state index in [4.69, 9.17) is 11.1 Å². The maximum Gasteiger partial charge on any atom is 0.172 e. The van der Waals surface area contributed by atoms with Gasteiger partial charge in [0.2, 0.25) is 0 Å². The molecule has 0 aromatic carbocycles. The van der Waals surface area contributed by atoms with Crippen LogP contribution in [0.5, 0.6) is 0 Å². The largest absolute Gasteiger partial charge is 0.293 e. The summed E-state index contributed by atoms with van der Waals surface area (Å²) in [5.41, 5.74) is 5.52. The van der Waals surface area contributed by atoms with Gasteiger partial charge in [0.15, 0.2) is 5.78 Å². The van der Waals surface area contributed by atoms with Crippen molar-refractivity contribution in [3.8, 4) is 6.07 Å². The number of Topliss-reactive ketones (excluding diaryl/α,β-unsaturated/α-hetero) is 1. The number of nitrogens with two attached hydrogens (primary N) is 1. The lowest BCUT2D eigenvalue weighted by atomic mass is 9.56. The van der Waals surface area contributed by atoms with Crippen molar-refractivity contribution in [3.05, 3.63) is 72.1 Å². The van der Waals surface area contributed by atoms with Gasteiger partial charge in [-0.15, -0.1) is 0 Å². The van der Waals surface area contributed by atoms with Gasteiger partial charge in [-0.25, -0.2) is 0 Å².